The van der Waals surface area contributed by atoms with Crippen molar-refractivity contribution in [3.8, 4) is 11.4 Å². The molecule has 1 atom stereocenters. The van der Waals surface area contributed by atoms with Gasteiger partial charge in [-0.1, -0.05) is 17.3 Å². The number of aromatic nitrogens is 2. The standard InChI is InChI=1S/C25H21FN4O3S/c1-15-21(24-28-23(29-33-24)16-8-10-20(34-2)11-9-16)22(17-5-3-6-18(26)13-17)27-25(31)30(15)14-19-7-4-12-32-19/h3-13,22H,14H2,1-2H3,(H,27,31). The van der Waals surface area contributed by atoms with Crippen molar-refractivity contribution in [2.45, 2.75) is 24.4 Å². The normalized spacial score (nSPS) is 16.1. The molecule has 0 spiro atoms. The Bertz CT molecular complexity index is 1350. The Balaban J connectivity index is 1.58. The van der Waals surface area contributed by atoms with Crippen LogP contribution in [0.2, 0.25) is 0 Å². The second-order valence-corrected chi connectivity index (χ2v) is 8.63. The van der Waals surface area contributed by atoms with Gasteiger partial charge >= 0.3 is 6.03 Å². The zero-order valence-electron chi connectivity index (χ0n) is 18.5. The van der Waals surface area contributed by atoms with Gasteiger partial charge in [0.25, 0.3) is 5.89 Å². The van der Waals surface area contributed by atoms with E-state index in [0.29, 0.717) is 28.4 Å². The molecule has 2 amide bonds. The number of hydrogen-bond acceptors (Lipinski definition) is 6. The Morgan fingerprint density at radius 3 is 2.68 bits per heavy atom. The number of carbonyl (C=O) groups is 1. The molecule has 0 aliphatic carbocycles. The van der Waals surface area contributed by atoms with Crippen LogP contribution >= 0.6 is 11.8 Å². The Labute approximate surface area is 199 Å². The van der Waals surface area contributed by atoms with E-state index in [1.807, 2.05) is 30.5 Å². The number of urea groups is 1. The van der Waals surface area contributed by atoms with Crippen molar-refractivity contribution in [2.75, 3.05) is 6.26 Å². The third kappa shape index (κ3) is 4.22. The number of benzene rings is 2. The van der Waals surface area contributed by atoms with Crippen molar-refractivity contribution in [1.29, 1.82) is 0 Å². The summed E-state index contributed by atoms with van der Waals surface area (Å²) in [5.41, 5.74) is 2.59. The van der Waals surface area contributed by atoms with E-state index in [0.717, 1.165) is 10.5 Å². The number of thioether (sulfide) groups is 1. The molecule has 2 aromatic heterocycles. The second-order valence-electron chi connectivity index (χ2n) is 7.75. The molecule has 0 bridgehead atoms. The lowest BCUT2D eigenvalue weighted by molar-refractivity contribution is 0.199. The predicted octanol–water partition coefficient (Wildman–Crippen LogP) is 5.89. The largest absolute Gasteiger partial charge is 0.467 e. The Hall–Kier alpha value is -3.85. The number of furan rings is 1. The average molecular weight is 477 g/mol. The van der Waals surface area contributed by atoms with Crippen LogP contribution in [0.3, 0.4) is 0 Å². The van der Waals surface area contributed by atoms with Crippen molar-refractivity contribution in [1.82, 2.24) is 20.4 Å². The minimum Gasteiger partial charge on any atom is -0.467 e. The van der Waals surface area contributed by atoms with E-state index in [1.165, 1.54) is 12.1 Å². The maximum atomic E-state index is 14.1. The molecule has 0 saturated carbocycles. The van der Waals surface area contributed by atoms with E-state index >= 15 is 0 Å². The molecule has 4 aromatic rings. The highest BCUT2D eigenvalue weighted by Crippen LogP contribution is 2.38. The van der Waals surface area contributed by atoms with Gasteiger partial charge in [-0.2, -0.15) is 4.98 Å². The van der Waals surface area contributed by atoms with Gasteiger partial charge < -0.3 is 14.3 Å². The molecule has 0 radical (unpaired) electrons. The first-order valence-electron chi connectivity index (χ1n) is 10.6. The van der Waals surface area contributed by atoms with Gasteiger partial charge in [0.15, 0.2) is 0 Å². The number of hydrogen-bond donors (Lipinski definition) is 1. The molecule has 172 valence electrons. The van der Waals surface area contributed by atoms with E-state index in [9.17, 15) is 9.18 Å². The van der Waals surface area contributed by atoms with Crippen molar-refractivity contribution in [3.63, 3.8) is 0 Å². The number of halogens is 1. The first-order chi connectivity index (χ1) is 16.5. The van der Waals surface area contributed by atoms with Crippen molar-refractivity contribution >= 4 is 23.4 Å². The zero-order valence-corrected chi connectivity index (χ0v) is 19.3. The number of nitrogens with zero attached hydrogens (tertiary/aromatic N) is 3. The van der Waals surface area contributed by atoms with E-state index in [4.69, 9.17) is 8.94 Å². The lowest BCUT2D eigenvalue weighted by Crippen LogP contribution is -2.45. The van der Waals surface area contributed by atoms with Gasteiger partial charge in [-0.15, -0.1) is 11.8 Å². The fourth-order valence-corrected chi connectivity index (χ4v) is 4.34. The molecule has 7 nitrogen and oxygen atoms in total. The summed E-state index contributed by atoms with van der Waals surface area (Å²) in [4.78, 5) is 20.3. The van der Waals surface area contributed by atoms with Gasteiger partial charge in [0.1, 0.15) is 11.6 Å². The second kappa shape index (κ2) is 9.18. The van der Waals surface area contributed by atoms with Crippen molar-refractivity contribution in [3.05, 3.63) is 95.7 Å². The lowest BCUT2D eigenvalue weighted by atomic mass is 9.94. The topological polar surface area (TPSA) is 84.4 Å². The molecule has 1 aliphatic heterocycles. The number of allylic oxidation sites excluding steroid dienone is 1. The Morgan fingerprint density at radius 2 is 1.97 bits per heavy atom. The maximum Gasteiger partial charge on any atom is 0.322 e. The summed E-state index contributed by atoms with van der Waals surface area (Å²) in [6.45, 7) is 2.03. The van der Waals surface area contributed by atoms with E-state index < -0.39 is 11.9 Å². The van der Waals surface area contributed by atoms with Crippen LogP contribution in [0.1, 0.15) is 30.2 Å². The van der Waals surface area contributed by atoms with Crippen LogP contribution in [0.5, 0.6) is 0 Å². The van der Waals surface area contributed by atoms with Crippen LogP contribution < -0.4 is 5.32 Å². The Kier molecular flexibility index (Phi) is 5.93. The molecular formula is C25H21FN4O3S. The third-order valence-electron chi connectivity index (χ3n) is 5.68. The SMILES string of the molecule is CSc1ccc(-c2noc(C3=C(C)N(Cc4ccco4)C(=O)NC3c3cccc(F)c3)n2)cc1. The first-order valence-corrected chi connectivity index (χ1v) is 11.8. The summed E-state index contributed by atoms with van der Waals surface area (Å²) in [6.07, 6.45) is 3.56. The molecule has 1 unspecified atom stereocenters. The molecule has 1 aliphatic rings. The minimum atomic E-state index is -0.664. The summed E-state index contributed by atoms with van der Waals surface area (Å²) in [5, 5.41) is 7.12. The van der Waals surface area contributed by atoms with Crippen LogP contribution in [0.15, 0.2) is 86.5 Å². The first kappa shape index (κ1) is 22.0. The minimum absolute atomic E-state index is 0.223. The van der Waals surface area contributed by atoms with Gasteiger partial charge in [0.05, 0.1) is 24.4 Å². The van der Waals surface area contributed by atoms with Crippen LogP contribution in [0.25, 0.3) is 17.0 Å². The Morgan fingerprint density at radius 1 is 1.15 bits per heavy atom. The molecule has 2 aromatic carbocycles. The molecule has 5 rings (SSSR count). The lowest BCUT2D eigenvalue weighted by Gasteiger charge is -2.34. The fraction of sp³-hybridized carbons (Fsp3) is 0.160. The quantitative estimate of drug-likeness (QED) is 0.350. The van der Waals surface area contributed by atoms with Gasteiger partial charge in [-0.05, 0) is 67.3 Å². The predicted molar refractivity (Wildman–Crippen MR) is 126 cm³/mol. The zero-order chi connectivity index (χ0) is 23.7. The highest BCUT2D eigenvalue weighted by molar-refractivity contribution is 7.98. The van der Waals surface area contributed by atoms with Gasteiger partial charge in [-0.25, -0.2) is 9.18 Å². The van der Waals surface area contributed by atoms with Crippen LogP contribution in [-0.4, -0.2) is 27.3 Å². The molecular weight excluding hydrogens is 455 g/mol. The van der Waals surface area contributed by atoms with Crippen LogP contribution in [0, 0.1) is 5.82 Å². The summed E-state index contributed by atoms with van der Waals surface area (Å²) < 4.78 is 25.2. The summed E-state index contributed by atoms with van der Waals surface area (Å²) in [7, 11) is 0. The highest BCUT2D eigenvalue weighted by Gasteiger charge is 2.36. The van der Waals surface area contributed by atoms with Crippen LogP contribution in [0.4, 0.5) is 9.18 Å². The molecule has 9 heteroatoms. The molecule has 34 heavy (non-hydrogen) atoms. The smallest absolute Gasteiger partial charge is 0.322 e. The highest BCUT2D eigenvalue weighted by atomic mass is 32.2. The molecule has 1 N–H and O–H groups in total. The maximum absolute atomic E-state index is 14.1. The third-order valence-corrected chi connectivity index (χ3v) is 6.42. The fourth-order valence-electron chi connectivity index (χ4n) is 3.93. The molecule has 0 saturated heterocycles. The summed E-state index contributed by atoms with van der Waals surface area (Å²) >= 11 is 1.65. The van der Waals surface area contributed by atoms with Crippen molar-refractivity contribution in [2.24, 2.45) is 0 Å². The van der Waals surface area contributed by atoms with Gasteiger partial charge in [-0.3, -0.25) is 4.90 Å². The average Bonchev–Trinajstić information content (AvgIpc) is 3.54. The molecule has 0 fully saturated rings. The van der Waals surface area contributed by atoms with Gasteiger partial charge in [0.2, 0.25) is 5.82 Å². The number of nitrogens with one attached hydrogen (secondary N) is 1. The number of rotatable bonds is 6. The number of carbonyl (C=O) groups excluding carboxylic acids is 1. The van der Waals surface area contributed by atoms with Crippen LogP contribution in [-0.2, 0) is 6.54 Å². The number of amides is 2. The van der Waals surface area contributed by atoms with E-state index in [2.05, 4.69) is 15.5 Å². The van der Waals surface area contributed by atoms with Crippen molar-refractivity contribution < 1.29 is 18.1 Å². The summed E-state index contributed by atoms with van der Waals surface area (Å²) in [5.74, 6) is 0.899. The van der Waals surface area contributed by atoms with Gasteiger partial charge in [0, 0.05) is 16.2 Å². The molecule has 3 heterocycles. The summed E-state index contributed by atoms with van der Waals surface area (Å²) in [6, 6.07) is 16.5. The monoisotopic (exact) mass is 476 g/mol. The van der Waals surface area contributed by atoms with E-state index in [1.54, 1.807) is 54.1 Å². The van der Waals surface area contributed by atoms with E-state index in [-0.39, 0.29) is 18.5 Å².